The van der Waals surface area contributed by atoms with Crippen molar-refractivity contribution >= 4 is 56.5 Å². The summed E-state index contributed by atoms with van der Waals surface area (Å²) in [6, 6.07) is 11.8. The number of carbonyl (C=O) groups excluding carboxylic acids is 1. The predicted molar refractivity (Wildman–Crippen MR) is 153 cm³/mol. The molecular weight excluding hydrogens is 614 g/mol. The van der Waals surface area contributed by atoms with Gasteiger partial charge >= 0.3 is 18.1 Å². The van der Waals surface area contributed by atoms with Gasteiger partial charge in [0.25, 0.3) is 10.0 Å². The van der Waals surface area contributed by atoms with Crippen molar-refractivity contribution in [3.05, 3.63) is 88.2 Å². The molecule has 8 nitrogen and oxygen atoms in total. The molecule has 1 unspecified atom stereocenters. The number of aliphatic carboxylic acids is 1. The van der Waals surface area contributed by atoms with Crippen molar-refractivity contribution in [2.24, 2.45) is 0 Å². The molecule has 0 bridgehead atoms. The minimum atomic E-state index is -4.79. The van der Waals surface area contributed by atoms with Gasteiger partial charge in [-0.2, -0.15) is 13.2 Å². The predicted octanol–water partition coefficient (Wildman–Crippen LogP) is 5.37. The van der Waals surface area contributed by atoms with Gasteiger partial charge in [-0.1, -0.05) is 35.9 Å². The molecule has 1 atom stereocenters. The third-order valence-corrected chi connectivity index (χ3v) is 9.49. The van der Waals surface area contributed by atoms with Gasteiger partial charge in [0.05, 0.1) is 39.4 Å². The molecule has 43 heavy (non-hydrogen) atoms. The molecule has 2 aliphatic heterocycles. The van der Waals surface area contributed by atoms with Crippen molar-refractivity contribution in [3.8, 4) is 0 Å². The van der Waals surface area contributed by atoms with E-state index in [4.69, 9.17) is 11.6 Å². The first-order valence-electron chi connectivity index (χ1n) is 12.9. The number of nitrogens with zero attached hydrogens (tertiary/aromatic N) is 3. The summed E-state index contributed by atoms with van der Waals surface area (Å²) in [5, 5.41) is 9.37. The summed E-state index contributed by atoms with van der Waals surface area (Å²) in [4.78, 5) is 25.8. The highest BCUT2D eigenvalue weighted by atomic mass is 35.5. The highest BCUT2D eigenvalue weighted by Gasteiger charge is 2.42. The molecule has 2 heterocycles. The smallest absolute Gasteiger partial charge is 0.416 e. The lowest BCUT2D eigenvalue weighted by molar-refractivity contribution is -0.156. The van der Waals surface area contributed by atoms with Crippen LogP contribution in [0.2, 0.25) is 5.02 Å². The first kappa shape index (κ1) is 30.4. The molecule has 2 aliphatic rings. The first-order valence-corrected chi connectivity index (χ1v) is 14.8. The number of piperazine rings is 1. The van der Waals surface area contributed by atoms with Crippen LogP contribution in [0.25, 0.3) is 11.6 Å². The highest BCUT2D eigenvalue weighted by Crippen LogP contribution is 2.42. The maximum Gasteiger partial charge on any atom is 0.416 e. The molecule has 0 aromatic heterocycles. The minimum Gasteiger partial charge on any atom is -0.474 e. The normalized spacial score (nSPS) is 17.4. The van der Waals surface area contributed by atoms with Gasteiger partial charge < -0.3 is 14.9 Å². The van der Waals surface area contributed by atoms with Gasteiger partial charge in [-0.05, 0) is 60.5 Å². The number of carbonyl (C=O) groups is 2. The molecule has 1 fully saturated rings. The van der Waals surface area contributed by atoms with Crippen LogP contribution in [-0.4, -0.2) is 62.5 Å². The number of carboxylic acid groups (broad SMARTS) is 1. The lowest BCUT2D eigenvalue weighted by Crippen LogP contribution is -2.62. The molecule has 0 spiro atoms. The molecule has 5 rings (SSSR count). The van der Waals surface area contributed by atoms with E-state index in [9.17, 15) is 40.7 Å². The van der Waals surface area contributed by atoms with Crippen molar-refractivity contribution in [3.63, 3.8) is 0 Å². The summed E-state index contributed by atoms with van der Waals surface area (Å²) >= 11 is 6.21. The third kappa shape index (κ3) is 5.78. The van der Waals surface area contributed by atoms with Crippen LogP contribution in [-0.2, 0) is 25.8 Å². The zero-order valence-electron chi connectivity index (χ0n) is 22.5. The highest BCUT2D eigenvalue weighted by molar-refractivity contribution is 7.92. The summed E-state index contributed by atoms with van der Waals surface area (Å²) in [5.74, 6) is -3.34. The van der Waals surface area contributed by atoms with Crippen LogP contribution < -0.4 is 9.21 Å². The molecule has 0 saturated carbocycles. The fraction of sp³-hybridized carbons (Fsp3) is 0.241. The number of amides is 1. The van der Waals surface area contributed by atoms with Crippen molar-refractivity contribution in [2.45, 2.75) is 24.0 Å². The number of anilines is 2. The summed E-state index contributed by atoms with van der Waals surface area (Å²) < 4.78 is 83.8. The van der Waals surface area contributed by atoms with E-state index >= 15 is 0 Å². The molecule has 1 saturated heterocycles. The van der Waals surface area contributed by atoms with Gasteiger partial charge in [0.15, 0.2) is 0 Å². The van der Waals surface area contributed by atoms with Crippen LogP contribution in [0.4, 0.5) is 28.9 Å². The maximum absolute atomic E-state index is 14.6. The minimum absolute atomic E-state index is 0.0635. The molecule has 0 aliphatic carbocycles. The van der Waals surface area contributed by atoms with Gasteiger partial charge in [-0.3, -0.25) is 9.10 Å². The Morgan fingerprint density at radius 3 is 2.40 bits per heavy atom. The average molecular weight is 638 g/mol. The second-order valence-electron chi connectivity index (χ2n) is 10.1. The summed E-state index contributed by atoms with van der Waals surface area (Å²) in [7, 11) is -4.59. The monoisotopic (exact) mass is 637 g/mol. The van der Waals surface area contributed by atoms with E-state index < -0.39 is 50.4 Å². The molecular formula is C29H24ClF4N3O5S. The Balaban J connectivity index is 1.62. The summed E-state index contributed by atoms with van der Waals surface area (Å²) in [5.41, 5.74) is 0.524. The number of hydrogen-bond donors (Lipinski definition) is 1. The largest absolute Gasteiger partial charge is 0.474 e. The number of fused-ring (bicyclic) bond motifs is 3. The van der Waals surface area contributed by atoms with E-state index in [1.807, 2.05) is 4.90 Å². The Morgan fingerprint density at radius 2 is 1.72 bits per heavy atom. The molecule has 14 heteroatoms. The van der Waals surface area contributed by atoms with E-state index in [2.05, 4.69) is 0 Å². The van der Waals surface area contributed by atoms with E-state index in [0.717, 1.165) is 27.4 Å². The topological polar surface area (TPSA) is 98.2 Å². The van der Waals surface area contributed by atoms with Crippen LogP contribution in [0, 0.1) is 5.82 Å². The van der Waals surface area contributed by atoms with Crippen molar-refractivity contribution in [2.75, 3.05) is 35.4 Å². The van der Waals surface area contributed by atoms with E-state index in [1.54, 1.807) is 25.1 Å². The zero-order chi connectivity index (χ0) is 31.3. The van der Waals surface area contributed by atoms with Crippen molar-refractivity contribution < 1.29 is 40.7 Å². The number of benzene rings is 3. The Labute approximate surface area is 249 Å². The van der Waals surface area contributed by atoms with Gasteiger partial charge in [0.2, 0.25) is 0 Å². The van der Waals surface area contributed by atoms with E-state index in [-0.39, 0.29) is 42.5 Å². The molecule has 3 aromatic carbocycles. The first-order chi connectivity index (χ1) is 20.2. The fourth-order valence-corrected chi connectivity index (χ4v) is 7.26. The molecule has 226 valence electrons. The molecule has 3 aromatic rings. The average Bonchev–Trinajstić information content (AvgIpc) is 2.95. The maximum atomic E-state index is 14.6. The number of halogens is 5. The standard InChI is InChI=1S/C29H24ClF4N3O5S/c1-17(26-22(30)6-3-7-23(26)31)12-18-8-9-24-25(13-18)37(16-20-15-35(10-11-36(20)24)27(38)28(39)40)43(41,42)21-5-2-4-19(14-21)29(32,33)34/h2-9,12-14,20H,10-11,15-16H2,1H3,(H,39,40). The Hall–Kier alpha value is -4.10. The number of alkyl halides is 3. The lowest BCUT2D eigenvalue weighted by atomic mass is 10.0. The van der Waals surface area contributed by atoms with Crippen molar-refractivity contribution in [1.29, 1.82) is 0 Å². The van der Waals surface area contributed by atoms with Crippen LogP contribution in [0.5, 0.6) is 0 Å². The second kappa shape index (κ2) is 11.2. The number of carboxylic acids is 1. The molecule has 1 N–H and O–H groups in total. The quantitative estimate of drug-likeness (QED) is 0.235. The van der Waals surface area contributed by atoms with Crippen LogP contribution in [0.15, 0.2) is 65.6 Å². The molecule has 1 amide bonds. The Morgan fingerprint density at radius 1 is 1.00 bits per heavy atom. The SMILES string of the molecule is CC(=Cc1ccc2c(c1)N(S(=O)(=O)c1cccc(C(F)(F)F)c1)CC1CN(C(=O)C(=O)O)CCN21)c1c(F)cccc1Cl. The van der Waals surface area contributed by atoms with Crippen LogP contribution in [0.3, 0.4) is 0 Å². The summed E-state index contributed by atoms with van der Waals surface area (Å²) in [6.45, 7) is 1.49. The lowest BCUT2D eigenvalue weighted by Gasteiger charge is -2.48. The number of sulfonamides is 1. The number of rotatable bonds is 4. The van der Waals surface area contributed by atoms with Gasteiger partial charge in [0, 0.05) is 25.2 Å². The third-order valence-electron chi connectivity index (χ3n) is 7.40. The zero-order valence-corrected chi connectivity index (χ0v) is 24.0. The van der Waals surface area contributed by atoms with Gasteiger partial charge in [-0.25, -0.2) is 17.6 Å². The van der Waals surface area contributed by atoms with Gasteiger partial charge in [0.1, 0.15) is 5.82 Å². The van der Waals surface area contributed by atoms with Crippen LogP contribution >= 0.6 is 11.6 Å². The fourth-order valence-electron chi connectivity index (χ4n) is 5.40. The second-order valence-corrected chi connectivity index (χ2v) is 12.4. The Kier molecular flexibility index (Phi) is 7.90. The van der Waals surface area contributed by atoms with Crippen LogP contribution in [0.1, 0.15) is 23.6 Å². The number of allylic oxidation sites excluding steroid dienone is 1. The summed E-state index contributed by atoms with van der Waals surface area (Å²) in [6.07, 6.45) is -3.18. The van der Waals surface area contributed by atoms with E-state index in [1.165, 1.54) is 24.3 Å². The van der Waals surface area contributed by atoms with Gasteiger partial charge in [-0.15, -0.1) is 0 Å². The number of hydrogen-bond acceptors (Lipinski definition) is 5. The van der Waals surface area contributed by atoms with Crippen molar-refractivity contribution in [1.82, 2.24) is 4.90 Å². The molecule has 0 radical (unpaired) electrons. The Bertz CT molecular complexity index is 1740. The van der Waals surface area contributed by atoms with E-state index in [0.29, 0.717) is 22.9 Å².